The molecule has 0 spiro atoms. The molecule has 0 fully saturated rings. The van der Waals surface area contributed by atoms with Gasteiger partial charge in [0.25, 0.3) is 5.22 Å². The van der Waals surface area contributed by atoms with E-state index in [0.29, 0.717) is 28.1 Å². The smallest absolute Gasteiger partial charge is 0.277 e. The fourth-order valence-corrected chi connectivity index (χ4v) is 5.04. The van der Waals surface area contributed by atoms with Gasteiger partial charge in [-0.2, -0.15) is 5.26 Å². The highest BCUT2D eigenvalue weighted by Gasteiger charge is 2.24. The largest absolute Gasteiger partial charge is 0.416 e. The van der Waals surface area contributed by atoms with Crippen LogP contribution in [-0.2, 0) is 24.2 Å². The van der Waals surface area contributed by atoms with Crippen LogP contribution in [0.3, 0.4) is 0 Å². The number of fused-ring (bicyclic) bond motifs is 1. The molecule has 1 amide bonds. The molecular weight excluding hydrogens is 406 g/mol. The van der Waals surface area contributed by atoms with Crippen molar-refractivity contribution in [1.82, 2.24) is 15.1 Å². The summed E-state index contributed by atoms with van der Waals surface area (Å²) in [6.45, 7) is 1.73. The van der Waals surface area contributed by atoms with E-state index in [0.717, 1.165) is 35.5 Å². The van der Waals surface area contributed by atoms with Gasteiger partial charge in [-0.05, 0) is 24.6 Å². The van der Waals surface area contributed by atoms with E-state index in [1.165, 1.54) is 23.1 Å². The molecule has 148 valence electrons. The van der Waals surface area contributed by atoms with Crippen LogP contribution < -0.4 is 5.32 Å². The number of nitriles is 1. The number of nitrogens with zero attached hydrogens (tertiary/aromatic N) is 4. The number of nitrogens with one attached hydrogen (secondary N) is 1. The normalized spacial score (nSPS) is 13.7. The number of likely N-dealkylation sites (N-methyl/N-ethyl adjacent to an activating group) is 1. The molecule has 3 heterocycles. The van der Waals surface area contributed by atoms with E-state index in [1.807, 2.05) is 30.3 Å². The minimum atomic E-state index is -0.193. The third-order valence-corrected chi connectivity index (χ3v) is 6.54. The van der Waals surface area contributed by atoms with Gasteiger partial charge in [0.1, 0.15) is 11.1 Å². The summed E-state index contributed by atoms with van der Waals surface area (Å²) in [5.41, 5.74) is 2.75. The van der Waals surface area contributed by atoms with Gasteiger partial charge in [-0.3, -0.25) is 4.79 Å². The molecule has 1 aliphatic rings. The molecule has 1 aromatic carbocycles. The Labute approximate surface area is 176 Å². The maximum Gasteiger partial charge on any atom is 0.277 e. The van der Waals surface area contributed by atoms with Crippen LogP contribution in [0.2, 0.25) is 0 Å². The second-order valence-corrected chi connectivity index (χ2v) is 8.80. The standard InChI is InChI=1S/C20H19N5O2S2/c1-25-8-7-14-15(10-21)19(29-16(14)11-25)22-17(26)12-28-20-24-23-18(27-20)9-13-5-3-2-4-6-13/h2-6H,7-9,11-12H2,1H3,(H,22,26). The third kappa shape index (κ3) is 4.67. The van der Waals surface area contributed by atoms with Crippen LogP contribution in [0, 0.1) is 11.3 Å². The van der Waals surface area contributed by atoms with Gasteiger partial charge >= 0.3 is 0 Å². The molecular formula is C20H19N5O2S2. The molecule has 3 aromatic rings. The van der Waals surface area contributed by atoms with E-state index < -0.39 is 0 Å². The number of benzene rings is 1. The maximum absolute atomic E-state index is 12.4. The zero-order chi connectivity index (χ0) is 20.2. The Kier molecular flexibility index (Phi) is 5.94. The van der Waals surface area contributed by atoms with Gasteiger partial charge in [0.2, 0.25) is 11.8 Å². The van der Waals surface area contributed by atoms with Crippen molar-refractivity contribution in [2.45, 2.75) is 24.6 Å². The first-order chi connectivity index (χ1) is 14.1. The minimum absolute atomic E-state index is 0.139. The van der Waals surface area contributed by atoms with E-state index in [4.69, 9.17) is 4.42 Å². The first-order valence-corrected chi connectivity index (χ1v) is 10.9. The van der Waals surface area contributed by atoms with Crippen molar-refractivity contribution in [3.8, 4) is 6.07 Å². The molecule has 1 N–H and O–H groups in total. The Morgan fingerprint density at radius 1 is 1.38 bits per heavy atom. The molecule has 29 heavy (non-hydrogen) atoms. The van der Waals surface area contributed by atoms with Crippen LogP contribution in [0.5, 0.6) is 0 Å². The molecule has 2 aromatic heterocycles. The number of thioether (sulfide) groups is 1. The number of hydrogen-bond donors (Lipinski definition) is 1. The Bertz CT molecular complexity index is 1050. The molecule has 0 aliphatic carbocycles. The number of rotatable bonds is 6. The zero-order valence-corrected chi connectivity index (χ0v) is 17.5. The Morgan fingerprint density at radius 3 is 3.00 bits per heavy atom. The van der Waals surface area contributed by atoms with Crippen molar-refractivity contribution in [1.29, 1.82) is 5.26 Å². The van der Waals surface area contributed by atoms with Crippen LogP contribution in [0.15, 0.2) is 40.0 Å². The van der Waals surface area contributed by atoms with Crippen LogP contribution in [0.4, 0.5) is 5.00 Å². The lowest BCUT2D eigenvalue weighted by Gasteiger charge is -2.21. The molecule has 0 saturated heterocycles. The summed E-state index contributed by atoms with van der Waals surface area (Å²) in [7, 11) is 2.06. The molecule has 0 saturated carbocycles. The number of carbonyl (C=O) groups excluding carboxylic acids is 1. The van der Waals surface area contributed by atoms with Crippen molar-refractivity contribution in [2.75, 3.05) is 24.7 Å². The van der Waals surface area contributed by atoms with Crippen molar-refractivity contribution in [3.63, 3.8) is 0 Å². The van der Waals surface area contributed by atoms with Gasteiger partial charge < -0.3 is 14.6 Å². The molecule has 7 nitrogen and oxygen atoms in total. The second kappa shape index (κ2) is 8.78. The summed E-state index contributed by atoms with van der Waals surface area (Å²) < 4.78 is 5.62. The number of thiophene rings is 1. The number of carbonyl (C=O) groups is 1. The first-order valence-electron chi connectivity index (χ1n) is 9.14. The predicted molar refractivity (Wildman–Crippen MR) is 112 cm³/mol. The highest BCUT2D eigenvalue weighted by molar-refractivity contribution is 7.99. The van der Waals surface area contributed by atoms with Crippen molar-refractivity contribution >= 4 is 34.0 Å². The summed E-state index contributed by atoms with van der Waals surface area (Å²) >= 11 is 2.68. The Hall–Kier alpha value is -2.67. The number of amides is 1. The maximum atomic E-state index is 12.4. The number of aromatic nitrogens is 2. The SMILES string of the molecule is CN1CCc2c(sc(NC(=O)CSc3nnc(Cc4ccccc4)o3)c2C#N)C1. The van der Waals surface area contributed by atoms with Crippen LogP contribution >= 0.6 is 23.1 Å². The summed E-state index contributed by atoms with van der Waals surface area (Å²) in [4.78, 5) is 15.8. The van der Waals surface area contributed by atoms with Gasteiger partial charge in [0.05, 0.1) is 17.7 Å². The molecule has 0 radical (unpaired) electrons. The lowest BCUT2D eigenvalue weighted by molar-refractivity contribution is -0.113. The van der Waals surface area contributed by atoms with Gasteiger partial charge in [-0.25, -0.2) is 0 Å². The van der Waals surface area contributed by atoms with Gasteiger partial charge in [0, 0.05) is 18.0 Å². The average Bonchev–Trinajstić information content (AvgIpc) is 3.30. The monoisotopic (exact) mass is 425 g/mol. The predicted octanol–water partition coefficient (Wildman–Crippen LogP) is 3.31. The van der Waals surface area contributed by atoms with E-state index >= 15 is 0 Å². The summed E-state index contributed by atoms with van der Waals surface area (Å²) in [6.07, 6.45) is 1.39. The number of hydrogen-bond acceptors (Lipinski definition) is 8. The highest BCUT2D eigenvalue weighted by atomic mass is 32.2. The fourth-order valence-electron chi connectivity index (χ4n) is 3.17. The van der Waals surface area contributed by atoms with E-state index in [-0.39, 0.29) is 11.7 Å². The first kappa shape index (κ1) is 19.6. The summed E-state index contributed by atoms with van der Waals surface area (Å²) in [6, 6.07) is 12.1. The lowest BCUT2D eigenvalue weighted by atomic mass is 10.0. The van der Waals surface area contributed by atoms with E-state index in [2.05, 4.69) is 33.5 Å². The quantitative estimate of drug-likeness (QED) is 0.605. The molecule has 0 bridgehead atoms. The topological polar surface area (TPSA) is 95.1 Å². The van der Waals surface area contributed by atoms with Crippen LogP contribution in [0.1, 0.15) is 27.5 Å². The zero-order valence-electron chi connectivity index (χ0n) is 15.8. The van der Waals surface area contributed by atoms with Crippen molar-refractivity contribution < 1.29 is 9.21 Å². The van der Waals surface area contributed by atoms with Crippen LogP contribution in [0.25, 0.3) is 0 Å². The Balaban J connectivity index is 1.35. The second-order valence-electron chi connectivity index (χ2n) is 6.77. The molecule has 1 aliphatic heterocycles. The molecule has 0 atom stereocenters. The van der Waals surface area contributed by atoms with Gasteiger partial charge in [-0.1, -0.05) is 42.1 Å². The Morgan fingerprint density at radius 2 is 2.21 bits per heavy atom. The third-order valence-electron chi connectivity index (χ3n) is 4.59. The summed E-state index contributed by atoms with van der Waals surface area (Å²) in [5, 5.41) is 21.4. The van der Waals surface area contributed by atoms with Crippen molar-refractivity contribution in [3.05, 3.63) is 57.8 Å². The lowest BCUT2D eigenvalue weighted by Crippen LogP contribution is -2.25. The molecule has 0 unspecified atom stereocenters. The van der Waals surface area contributed by atoms with E-state index in [1.54, 1.807) is 0 Å². The average molecular weight is 426 g/mol. The number of anilines is 1. The minimum Gasteiger partial charge on any atom is -0.416 e. The molecule has 9 heteroatoms. The highest BCUT2D eigenvalue weighted by Crippen LogP contribution is 2.36. The molecule has 4 rings (SSSR count). The summed E-state index contributed by atoms with van der Waals surface area (Å²) in [5.74, 6) is 0.461. The van der Waals surface area contributed by atoms with Gasteiger partial charge in [0.15, 0.2) is 0 Å². The van der Waals surface area contributed by atoms with E-state index in [9.17, 15) is 10.1 Å². The van der Waals surface area contributed by atoms with Crippen molar-refractivity contribution in [2.24, 2.45) is 0 Å². The fraction of sp³-hybridized carbons (Fsp3) is 0.300. The van der Waals surface area contributed by atoms with Crippen LogP contribution in [-0.4, -0.2) is 40.3 Å². The van der Waals surface area contributed by atoms with Gasteiger partial charge in [-0.15, -0.1) is 21.5 Å².